The van der Waals surface area contributed by atoms with E-state index in [-0.39, 0.29) is 24.6 Å². The number of anilines is 1. The van der Waals surface area contributed by atoms with Crippen molar-refractivity contribution in [3.63, 3.8) is 0 Å². The van der Waals surface area contributed by atoms with E-state index in [0.29, 0.717) is 34.2 Å². The van der Waals surface area contributed by atoms with Gasteiger partial charge in [-0.25, -0.2) is 14.4 Å². The third-order valence-electron chi connectivity index (χ3n) is 4.62. The highest BCUT2D eigenvalue weighted by molar-refractivity contribution is 5.93. The molecule has 9 heteroatoms. The van der Waals surface area contributed by atoms with Crippen LogP contribution in [-0.4, -0.2) is 21.8 Å². The van der Waals surface area contributed by atoms with Gasteiger partial charge in [-0.15, -0.1) is 0 Å². The summed E-state index contributed by atoms with van der Waals surface area (Å²) in [4.78, 5) is 31.8. The second-order valence-corrected chi connectivity index (χ2v) is 7.03. The molecule has 0 aliphatic heterocycles. The zero-order valence-corrected chi connectivity index (χ0v) is 17.3. The molecule has 0 bridgehead atoms. The van der Waals surface area contributed by atoms with E-state index in [4.69, 9.17) is 14.9 Å². The highest BCUT2D eigenvalue weighted by Gasteiger charge is 2.12. The van der Waals surface area contributed by atoms with Gasteiger partial charge in [0.15, 0.2) is 11.7 Å². The molecular formula is C24H19FN4O4. The van der Waals surface area contributed by atoms with Crippen molar-refractivity contribution in [1.29, 1.82) is 0 Å². The summed E-state index contributed by atoms with van der Waals surface area (Å²) >= 11 is 0. The second-order valence-electron chi connectivity index (χ2n) is 7.03. The number of rotatable bonds is 8. The first-order valence-corrected chi connectivity index (χ1v) is 10.0. The summed E-state index contributed by atoms with van der Waals surface area (Å²) in [5.74, 6) is 0.128. The van der Waals surface area contributed by atoms with Gasteiger partial charge in [-0.1, -0.05) is 18.2 Å². The van der Waals surface area contributed by atoms with Crippen LogP contribution < -0.4 is 15.8 Å². The minimum Gasteiger partial charge on any atom is -0.441 e. The van der Waals surface area contributed by atoms with Crippen molar-refractivity contribution in [3.8, 4) is 23.0 Å². The number of oxazole rings is 1. The Bertz CT molecular complexity index is 1290. The lowest BCUT2D eigenvalue weighted by Gasteiger charge is -2.07. The van der Waals surface area contributed by atoms with Crippen LogP contribution in [0.2, 0.25) is 0 Å². The van der Waals surface area contributed by atoms with E-state index in [9.17, 15) is 14.0 Å². The Morgan fingerprint density at radius 3 is 2.64 bits per heavy atom. The summed E-state index contributed by atoms with van der Waals surface area (Å²) < 4.78 is 25.0. The summed E-state index contributed by atoms with van der Waals surface area (Å²) in [5, 5.41) is 2.73. The summed E-state index contributed by atoms with van der Waals surface area (Å²) in [7, 11) is 0. The molecule has 2 heterocycles. The van der Waals surface area contributed by atoms with Gasteiger partial charge < -0.3 is 20.2 Å². The monoisotopic (exact) mass is 446 g/mol. The number of nitrogens with zero attached hydrogens (tertiary/aromatic N) is 2. The molecule has 33 heavy (non-hydrogen) atoms. The van der Waals surface area contributed by atoms with E-state index in [1.807, 2.05) is 0 Å². The average Bonchev–Trinajstić information content (AvgIpc) is 3.28. The predicted molar refractivity (Wildman–Crippen MR) is 118 cm³/mol. The fourth-order valence-corrected chi connectivity index (χ4v) is 3.00. The number of ether oxygens (including phenoxy) is 1. The van der Waals surface area contributed by atoms with Gasteiger partial charge in [0.25, 0.3) is 0 Å². The van der Waals surface area contributed by atoms with Gasteiger partial charge in [0.1, 0.15) is 11.6 Å². The van der Waals surface area contributed by atoms with Crippen molar-refractivity contribution in [3.05, 3.63) is 90.3 Å². The van der Waals surface area contributed by atoms with E-state index < -0.39 is 11.7 Å². The Morgan fingerprint density at radius 1 is 1.03 bits per heavy atom. The van der Waals surface area contributed by atoms with Crippen molar-refractivity contribution in [2.75, 3.05) is 5.32 Å². The molecule has 4 rings (SSSR count). The standard InChI is InChI=1S/C24H19FN4O4/c25-19-7-2-1-6-18(19)20-14-28-23(33-20)11-9-21(30)29-16-8-10-22(27-13-16)32-17-5-3-4-15(12-17)24(26)31/h1-8,10,12-14H,9,11H2,(H2,26,31)(H,29,30). The summed E-state index contributed by atoms with van der Waals surface area (Å²) in [6.07, 6.45) is 3.26. The summed E-state index contributed by atoms with van der Waals surface area (Å²) in [6.45, 7) is 0. The molecule has 0 aliphatic rings. The number of hydrogen-bond donors (Lipinski definition) is 2. The van der Waals surface area contributed by atoms with E-state index in [0.717, 1.165) is 0 Å². The smallest absolute Gasteiger partial charge is 0.248 e. The van der Waals surface area contributed by atoms with Gasteiger partial charge in [0, 0.05) is 24.5 Å². The molecule has 2 aromatic carbocycles. The molecular weight excluding hydrogens is 427 g/mol. The van der Waals surface area contributed by atoms with Crippen LogP contribution in [0.25, 0.3) is 11.3 Å². The van der Waals surface area contributed by atoms with Crippen LogP contribution in [0.3, 0.4) is 0 Å². The first-order chi connectivity index (χ1) is 16.0. The number of aromatic nitrogens is 2. The van der Waals surface area contributed by atoms with Crippen LogP contribution in [0, 0.1) is 5.82 Å². The van der Waals surface area contributed by atoms with Gasteiger partial charge in [0.2, 0.25) is 17.7 Å². The maximum atomic E-state index is 13.9. The number of primary amides is 1. The number of nitrogens with two attached hydrogens (primary N) is 1. The number of nitrogens with one attached hydrogen (secondary N) is 1. The Kier molecular flexibility index (Phi) is 6.40. The second kappa shape index (κ2) is 9.73. The molecule has 8 nitrogen and oxygen atoms in total. The highest BCUT2D eigenvalue weighted by Crippen LogP contribution is 2.24. The van der Waals surface area contributed by atoms with Gasteiger partial charge in [-0.3, -0.25) is 9.59 Å². The number of halogens is 1. The highest BCUT2D eigenvalue weighted by atomic mass is 19.1. The Labute approximate surface area is 188 Å². The zero-order valence-electron chi connectivity index (χ0n) is 17.3. The molecule has 0 radical (unpaired) electrons. The lowest BCUT2D eigenvalue weighted by atomic mass is 10.2. The molecule has 166 valence electrons. The molecule has 0 aliphatic carbocycles. The Balaban J connectivity index is 1.30. The minimum atomic E-state index is -0.556. The lowest BCUT2D eigenvalue weighted by Crippen LogP contribution is -2.12. The van der Waals surface area contributed by atoms with Crippen LogP contribution in [0.1, 0.15) is 22.7 Å². The van der Waals surface area contributed by atoms with E-state index >= 15 is 0 Å². The van der Waals surface area contributed by atoms with Crippen molar-refractivity contribution in [2.45, 2.75) is 12.8 Å². The van der Waals surface area contributed by atoms with Crippen LogP contribution >= 0.6 is 0 Å². The summed E-state index contributed by atoms with van der Waals surface area (Å²) in [5.41, 5.74) is 6.38. The maximum Gasteiger partial charge on any atom is 0.248 e. The molecule has 4 aromatic rings. The molecule has 0 saturated carbocycles. The molecule has 0 unspecified atom stereocenters. The van der Waals surface area contributed by atoms with Crippen molar-refractivity contribution in [1.82, 2.24) is 9.97 Å². The van der Waals surface area contributed by atoms with Crippen molar-refractivity contribution >= 4 is 17.5 Å². The number of hydrogen-bond acceptors (Lipinski definition) is 6. The largest absolute Gasteiger partial charge is 0.441 e. The van der Waals surface area contributed by atoms with Gasteiger partial charge in [-0.2, -0.15) is 0 Å². The quantitative estimate of drug-likeness (QED) is 0.415. The van der Waals surface area contributed by atoms with E-state index in [2.05, 4.69) is 15.3 Å². The molecule has 3 N–H and O–H groups in total. The molecule has 2 aromatic heterocycles. The number of pyridine rings is 1. The van der Waals surface area contributed by atoms with E-state index in [1.165, 1.54) is 24.5 Å². The van der Waals surface area contributed by atoms with Crippen LogP contribution in [0.15, 0.2) is 77.5 Å². The number of carbonyl (C=O) groups is 2. The van der Waals surface area contributed by atoms with Gasteiger partial charge >= 0.3 is 0 Å². The Hall–Kier alpha value is -4.53. The lowest BCUT2D eigenvalue weighted by molar-refractivity contribution is -0.116. The van der Waals surface area contributed by atoms with Crippen molar-refractivity contribution < 1.29 is 23.1 Å². The predicted octanol–water partition coefficient (Wildman–Crippen LogP) is 4.34. The first kappa shape index (κ1) is 21.7. The normalized spacial score (nSPS) is 10.6. The number of amides is 2. The van der Waals surface area contributed by atoms with Gasteiger partial charge in [0.05, 0.1) is 23.6 Å². The molecule has 0 atom stereocenters. The van der Waals surface area contributed by atoms with Crippen molar-refractivity contribution in [2.24, 2.45) is 5.73 Å². The number of aryl methyl sites for hydroxylation is 1. The van der Waals surface area contributed by atoms with Crippen LogP contribution in [0.5, 0.6) is 11.6 Å². The number of benzene rings is 2. The van der Waals surface area contributed by atoms with E-state index in [1.54, 1.807) is 48.5 Å². The molecule has 0 saturated heterocycles. The fourth-order valence-electron chi connectivity index (χ4n) is 3.00. The third kappa shape index (κ3) is 5.59. The van der Waals surface area contributed by atoms with Gasteiger partial charge in [-0.05, 0) is 36.4 Å². The first-order valence-electron chi connectivity index (χ1n) is 10.0. The topological polar surface area (TPSA) is 120 Å². The molecule has 2 amide bonds. The number of carbonyl (C=O) groups excluding carboxylic acids is 2. The summed E-state index contributed by atoms with van der Waals surface area (Å²) in [6, 6.07) is 15.9. The van der Waals surface area contributed by atoms with Crippen LogP contribution in [0.4, 0.5) is 10.1 Å². The Morgan fingerprint density at radius 2 is 1.88 bits per heavy atom. The fraction of sp³-hybridized carbons (Fsp3) is 0.0833. The molecule has 0 spiro atoms. The van der Waals surface area contributed by atoms with Crippen LogP contribution in [-0.2, 0) is 11.2 Å². The maximum absolute atomic E-state index is 13.9. The minimum absolute atomic E-state index is 0.120. The zero-order chi connectivity index (χ0) is 23.2. The molecule has 0 fully saturated rings. The third-order valence-corrected chi connectivity index (χ3v) is 4.62. The SMILES string of the molecule is NC(=O)c1cccc(Oc2ccc(NC(=O)CCc3ncc(-c4ccccc4F)o3)cn2)c1. The average molecular weight is 446 g/mol.